The monoisotopic (exact) mass is 228 g/mol. The van der Waals surface area contributed by atoms with Crippen LogP contribution in [-0.2, 0) is 0 Å². The molecule has 16 heavy (non-hydrogen) atoms. The van der Waals surface area contributed by atoms with E-state index < -0.39 is 6.17 Å². The van der Waals surface area contributed by atoms with Gasteiger partial charge in [0.2, 0.25) is 0 Å². The Balaban J connectivity index is 2.38. The number of hydrogen-bond acceptors (Lipinski definition) is 3. The van der Waals surface area contributed by atoms with Gasteiger partial charge in [0.25, 0.3) is 0 Å². The van der Waals surface area contributed by atoms with E-state index >= 15 is 0 Å². The molecule has 0 aromatic heterocycles. The zero-order chi connectivity index (χ0) is 12.0. The number of rotatable bonds is 2. The second-order valence-corrected chi connectivity index (χ2v) is 4.01. The van der Waals surface area contributed by atoms with Gasteiger partial charge in [0.15, 0.2) is 6.17 Å². The number of carbonyl (C=O) groups is 2. The average Bonchev–Trinajstić information content (AvgIpc) is 2.67. The smallest absolute Gasteiger partial charge is 0.325 e. The second kappa shape index (κ2) is 3.51. The van der Waals surface area contributed by atoms with E-state index in [1.165, 1.54) is 14.7 Å². The number of hydrogen-bond donors (Lipinski definition) is 1. The highest BCUT2D eigenvalue weighted by Crippen LogP contribution is 2.32. The molecular weight excluding hydrogens is 212 g/mol. The van der Waals surface area contributed by atoms with Crippen LogP contribution in [0, 0.1) is 0 Å². The van der Waals surface area contributed by atoms with Gasteiger partial charge in [0.05, 0.1) is 0 Å². The minimum atomic E-state index is -0.394. The Hall–Kier alpha value is -1.50. The van der Waals surface area contributed by atoms with Crippen LogP contribution >= 0.6 is 0 Å². The van der Waals surface area contributed by atoms with E-state index in [9.17, 15) is 14.7 Å². The summed E-state index contributed by atoms with van der Waals surface area (Å²) >= 11 is 0. The highest BCUT2D eigenvalue weighted by Gasteiger charge is 2.56. The Morgan fingerprint density at radius 2 is 1.56 bits per heavy atom. The number of fused-ring (bicyclic) bond motifs is 1. The molecule has 2 rings (SSSR count). The Kier molecular flexibility index (Phi) is 2.42. The van der Waals surface area contributed by atoms with Crippen LogP contribution in [0.5, 0.6) is 0 Å². The lowest BCUT2D eigenvalue weighted by molar-refractivity contribution is 0.0706. The third-order valence-electron chi connectivity index (χ3n) is 3.29. The van der Waals surface area contributed by atoms with Gasteiger partial charge in [-0.15, -0.1) is 0 Å². The largest absolute Gasteiger partial charge is 0.376 e. The first-order valence-corrected chi connectivity index (χ1v) is 5.22. The van der Waals surface area contributed by atoms with Crippen LogP contribution in [0.25, 0.3) is 0 Å². The number of nitrogens with zero attached hydrogens (tertiary/aromatic N) is 4. The number of likely N-dealkylation sites (N-methyl/N-ethyl adjacent to an activating group) is 3. The molecule has 7 nitrogen and oxygen atoms in total. The molecule has 2 atom stereocenters. The predicted octanol–water partition coefficient (Wildman–Crippen LogP) is -0.657. The Labute approximate surface area is 93.8 Å². The van der Waals surface area contributed by atoms with Gasteiger partial charge in [-0.25, -0.2) is 9.59 Å². The minimum Gasteiger partial charge on any atom is -0.376 e. The van der Waals surface area contributed by atoms with Crippen LogP contribution in [0.4, 0.5) is 9.59 Å². The van der Waals surface area contributed by atoms with Crippen molar-refractivity contribution >= 4 is 12.1 Å². The van der Waals surface area contributed by atoms with Crippen LogP contribution < -0.4 is 0 Å². The van der Waals surface area contributed by atoms with Gasteiger partial charge in [-0.1, -0.05) is 0 Å². The van der Waals surface area contributed by atoms with Crippen molar-refractivity contribution in [3.05, 3.63) is 0 Å². The van der Waals surface area contributed by atoms with Crippen LogP contribution in [0.2, 0.25) is 0 Å². The molecule has 2 aliphatic rings. The van der Waals surface area contributed by atoms with Crippen molar-refractivity contribution in [1.29, 1.82) is 0 Å². The summed E-state index contributed by atoms with van der Waals surface area (Å²) in [5.74, 6) is 0. The summed E-state index contributed by atoms with van der Waals surface area (Å²) in [5, 5.41) is 9.21. The lowest BCUT2D eigenvalue weighted by atomic mass is 10.3. The first-order chi connectivity index (χ1) is 7.54. The number of carbonyl (C=O) groups excluding carboxylic acids is 2. The van der Waals surface area contributed by atoms with Crippen molar-refractivity contribution in [3.8, 4) is 0 Å². The SMILES string of the molecule is CCN1C(=O)N(CO)[C@@H]2[C@@H]1N(C)C(=O)N2C. The summed E-state index contributed by atoms with van der Waals surface area (Å²) < 4.78 is 0. The molecule has 4 amide bonds. The number of aliphatic hydroxyl groups excluding tert-OH is 1. The van der Waals surface area contributed by atoms with Crippen LogP contribution in [0.15, 0.2) is 0 Å². The summed E-state index contributed by atoms with van der Waals surface area (Å²) in [5.41, 5.74) is 0. The van der Waals surface area contributed by atoms with E-state index in [2.05, 4.69) is 0 Å². The molecule has 2 fully saturated rings. The molecule has 0 aromatic rings. The topological polar surface area (TPSA) is 67.3 Å². The molecular formula is C9H16N4O3. The highest BCUT2D eigenvalue weighted by atomic mass is 16.3. The van der Waals surface area contributed by atoms with Crippen LogP contribution in [0.1, 0.15) is 6.92 Å². The lowest BCUT2D eigenvalue weighted by Gasteiger charge is -2.25. The average molecular weight is 228 g/mol. The molecule has 2 saturated heterocycles. The summed E-state index contributed by atoms with van der Waals surface area (Å²) in [4.78, 5) is 29.6. The zero-order valence-electron chi connectivity index (χ0n) is 9.62. The molecule has 7 heteroatoms. The quantitative estimate of drug-likeness (QED) is 0.682. The molecule has 0 spiro atoms. The van der Waals surface area contributed by atoms with Crippen molar-refractivity contribution in [2.75, 3.05) is 27.4 Å². The zero-order valence-corrected chi connectivity index (χ0v) is 9.62. The lowest BCUT2D eigenvalue weighted by Crippen LogP contribution is -2.44. The molecule has 90 valence electrons. The molecule has 0 unspecified atom stereocenters. The molecule has 1 N–H and O–H groups in total. The van der Waals surface area contributed by atoms with Crippen LogP contribution in [-0.4, -0.2) is 76.5 Å². The van der Waals surface area contributed by atoms with Gasteiger partial charge in [-0.05, 0) is 6.92 Å². The maximum absolute atomic E-state index is 11.9. The molecule has 0 aliphatic carbocycles. The van der Waals surface area contributed by atoms with E-state index in [1.54, 1.807) is 19.0 Å². The molecule has 2 heterocycles. The van der Waals surface area contributed by atoms with Gasteiger partial charge in [-0.2, -0.15) is 0 Å². The predicted molar refractivity (Wildman–Crippen MR) is 55.2 cm³/mol. The van der Waals surface area contributed by atoms with Crippen molar-refractivity contribution in [2.24, 2.45) is 0 Å². The normalized spacial score (nSPS) is 29.5. The molecule has 0 bridgehead atoms. The second-order valence-electron chi connectivity index (χ2n) is 4.01. The van der Waals surface area contributed by atoms with Crippen molar-refractivity contribution < 1.29 is 14.7 Å². The summed E-state index contributed by atoms with van der Waals surface area (Å²) in [6, 6.07) is -0.370. The van der Waals surface area contributed by atoms with Gasteiger partial charge in [-0.3, -0.25) is 4.90 Å². The number of amides is 4. The Morgan fingerprint density at radius 1 is 1.06 bits per heavy atom. The van der Waals surface area contributed by atoms with E-state index in [0.29, 0.717) is 6.54 Å². The maximum Gasteiger partial charge on any atom is 0.325 e. The fourth-order valence-corrected chi connectivity index (χ4v) is 2.47. The van der Waals surface area contributed by atoms with Crippen molar-refractivity contribution in [2.45, 2.75) is 19.3 Å². The fourth-order valence-electron chi connectivity index (χ4n) is 2.47. The van der Waals surface area contributed by atoms with Crippen molar-refractivity contribution in [1.82, 2.24) is 19.6 Å². The molecule has 0 aromatic carbocycles. The molecule has 2 aliphatic heterocycles. The summed E-state index contributed by atoms with van der Waals surface area (Å²) in [7, 11) is 3.30. The molecule has 0 saturated carbocycles. The minimum absolute atomic E-state index is 0.139. The van der Waals surface area contributed by atoms with Gasteiger partial charge < -0.3 is 19.8 Å². The Bertz CT molecular complexity index is 307. The number of urea groups is 2. The third kappa shape index (κ3) is 1.12. The van der Waals surface area contributed by atoms with E-state index in [-0.39, 0.29) is 25.0 Å². The first-order valence-electron chi connectivity index (χ1n) is 5.22. The van der Waals surface area contributed by atoms with E-state index in [1.807, 2.05) is 6.92 Å². The van der Waals surface area contributed by atoms with Gasteiger partial charge >= 0.3 is 12.1 Å². The molecule has 0 radical (unpaired) electrons. The Morgan fingerprint density at radius 3 is 2.00 bits per heavy atom. The maximum atomic E-state index is 11.9. The summed E-state index contributed by atoms with van der Waals surface area (Å²) in [6.45, 7) is 2.00. The third-order valence-corrected chi connectivity index (χ3v) is 3.29. The highest BCUT2D eigenvalue weighted by molar-refractivity contribution is 5.84. The number of aliphatic hydroxyl groups is 1. The van der Waals surface area contributed by atoms with Gasteiger partial charge in [0.1, 0.15) is 12.9 Å². The first kappa shape index (κ1) is 11.0. The van der Waals surface area contributed by atoms with E-state index in [0.717, 1.165) is 0 Å². The fraction of sp³-hybridized carbons (Fsp3) is 0.778. The van der Waals surface area contributed by atoms with E-state index in [4.69, 9.17) is 0 Å². The summed E-state index contributed by atoms with van der Waals surface area (Å²) in [6.07, 6.45) is -0.697. The van der Waals surface area contributed by atoms with Crippen LogP contribution in [0.3, 0.4) is 0 Å². The standard InChI is InChI=1S/C9H16N4O3/c1-4-12-6-7(13(5-14)9(12)16)11(3)8(15)10(6)2/h6-7,14H,4-5H2,1-3H3/t6-,7-/m1/s1. The van der Waals surface area contributed by atoms with Gasteiger partial charge in [0, 0.05) is 20.6 Å². The van der Waals surface area contributed by atoms with Crippen molar-refractivity contribution in [3.63, 3.8) is 0 Å².